The van der Waals surface area contributed by atoms with E-state index in [0.29, 0.717) is 18.0 Å². The van der Waals surface area contributed by atoms with E-state index >= 15 is 0 Å². The van der Waals surface area contributed by atoms with Crippen molar-refractivity contribution in [3.63, 3.8) is 0 Å². The first-order valence-corrected chi connectivity index (χ1v) is 8.76. The molecule has 25 heavy (non-hydrogen) atoms. The molecule has 0 aliphatic heterocycles. The predicted molar refractivity (Wildman–Crippen MR) is 96.6 cm³/mol. The number of aldehydes is 1. The smallest absolute Gasteiger partial charge is 0.157 e. The summed E-state index contributed by atoms with van der Waals surface area (Å²) in [6, 6.07) is 13.1. The van der Waals surface area contributed by atoms with Gasteiger partial charge < -0.3 is 14.6 Å². The van der Waals surface area contributed by atoms with Crippen molar-refractivity contribution in [2.45, 2.75) is 38.2 Å². The third kappa shape index (κ3) is 4.32. The van der Waals surface area contributed by atoms with Crippen molar-refractivity contribution in [2.75, 3.05) is 7.11 Å². The molecule has 0 heterocycles. The van der Waals surface area contributed by atoms with Crippen LogP contribution in [0.3, 0.4) is 0 Å². The molecule has 3 rings (SSSR count). The zero-order valence-corrected chi connectivity index (χ0v) is 14.5. The highest BCUT2D eigenvalue weighted by molar-refractivity contribution is 5.83. The largest absolute Gasteiger partial charge is 0.507 e. The molecule has 0 spiro atoms. The summed E-state index contributed by atoms with van der Waals surface area (Å²) in [5.74, 6) is 1.87. The molecular formula is C21H24O4. The molecule has 4 heteroatoms. The molecule has 2 aromatic carbocycles. The van der Waals surface area contributed by atoms with Gasteiger partial charge >= 0.3 is 0 Å². The minimum Gasteiger partial charge on any atom is -0.507 e. The lowest BCUT2D eigenvalue weighted by atomic mass is 9.83. The van der Waals surface area contributed by atoms with Gasteiger partial charge in [0.15, 0.2) is 6.29 Å². The molecule has 2 aromatic rings. The topological polar surface area (TPSA) is 55.8 Å². The van der Waals surface area contributed by atoms with Gasteiger partial charge in [0.25, 0.3) is 0 Å². The molecule has 0 bridgehead atoms. The first-order chi connectivity index (χ1) is 12.2. The van der Waals surface area contributed by atoms with Gasteiger partial charge in [-0.05, 0) is 67.9 Å². The van der Waals surface area contributed by atoms with Crippen molar-refractivity contribution < 1.29 is 19.4 Å². The highest BCUT2D eigenvalue weighted by Gasteiger charge is 2.24. The van der Waals surface area contributed by atoms with Crippen molar-refractivity contribution in [3.8, 4) is 17.2 Å². The van der Waals surface area contributed by atoms with Crippen molar-refractivity contribution >= 4 is 6.29 Å². The fourth-order valence-corrected chi connectivity index (χ4v) is 3.60. The van der Waals surface area contributed by atoms with Gasteiger partial charge in [-0.25, -0.2) is 0 Å². The van der Waals surface area contributed by atoms with E-state index in [1.165, 1.54) is 18.1 Å². The summed E-state index contributed by atoms with van der Waals surface area (Å²) in [4.78, 5) is 11.2. The molecule has 2 unspecified atom stereocenters. The van der Waals surface area contributed by atoms with E-state index in [1.807, 2.05) is 12.1 Å². The highest BCUT2D eigenvalue weighted by atomic mass is 16.5. The summed E-state index contributed by atoms with van der Waals surface area (Å²) in [6.45, 7) is 0. The second-order valence-electron chi connectivity index (χ2n) is 6.63. The monoisotopic (exact) mass is 340 g/mol. The van der Waals surface area contributed by atoms with Gasteiger partial charge in [0.1, 0.15) is 17.2 Å². The fraction of sp³-hybridized carbons (Fsp3) is 0.381. The number of carbonyl (C=O) groups is 1. The average molecular weight is 340 g/mol. The Hall–Kier alpha value is -2.49. The molecular weight excluding hydrogens is 316 g/mol. The number of carbonyl (C=O) groups excluding carboxylic acids is 1. The fourth-order valence-electron chi connectivity index (χ4n) is 3.60. The van der Waals surface area contributed by atoms with E-state index in [4.69, 9.17) is 9.47 Å². The van der Waals surface area contributed by atoms with Gasteiger partial charge in [-0.15, -0.1) is 0 Å². The quantitative estimate of drug-likeness (QED) is 0.792. The average Bonchev–Trinajstić information content (AvgIpc) is 2.62. The van der Waals surface area contributed by atoms with Crippen molar-refractivity contribution in [3.05, 3.63) is 53.6 Å². The normalized spacial score (nSPS) is 20.0. The molecule has 0 radical (unpaired) electrons. The van der Waals surface area contributed by atoms with Crippen LogP contribution < -0.4 is 9.47 Å². The van der Waals surface area contributed by atoms with Crippen LogP contribution in [0.2, 0.25) is 0 Å². The summed E-state index contributed by atoms with van der Waals surface area (Å²) in [6.07, 6.45) is 5.93. The van der Waals surface area contributed by atoms with Crippen LogP contribution in [0.15, 0.2) is 42.5 Å². The van der Waals surface area contributed by atoms with E-state index in [9.17, 15) is 9.90 Å². The molecule has 1 N–H and O–H groups in total. The Balaban J connectivity index is 1.65. The van der Waals surface area contributed by atoms with Gasteiger partial charge in [-0.3, -0.25) is 4.79 Å². The van der Waals surface area contributed by atoms with Crippen LogP contribution in [0.4, 0.5) is 0 Å². The summed E-state index contributed by atoms with van der Waals surface area (Å²) in [7, 11) is 1.68. The van der Waals surface area contributed by atoms with Crippen molar-refractivity contribution in [2.24, 2.45) is 5.92 Å². The molecule has 1 aliphatic rings. The van der Waals surface area contributed by atoms with E-state index in [1.54, 1.807) is 19.2 Å². The van der Waals surface area contributed by atoms with Crippen LogP contribution in [-0.4, -0.2) is 24.6 Å². The molecule has 132 valence electrons. The summed E-state index contributed by atoms with van der Waals surface area (Å²) < 4.78 is 11.4. The zero-order chi connectivity index (χ0) is 17.6. The third-order valence-corrected chi connectivity index (χ3v) is 4.85. The number of phenolic OH excluding ortho intramolecular Hbond substituents is 1. The Morgan fingerprint density at radius 1 is 1.20 bits per heavy atom. The maximum atomic E-state index is 11.2. The number of methoxy groups -OCH3 is 1. The number of aromatic hydroxyl groups is 1. The second-order valence-corrected chi connectivity index (χ2v) is 6.63. The Bertz CT molecular complexity index is 726. The Morgan fingerprint density at radius 3 is 2.84 bits per heavy atom. The van der Waals surface area contributed by atoms with E-state index in [-0.39, 0.29) is 17.4 Å². The van der Waals surface area contributed by atoms with Gasteiger partial charge in [-0.2, -0.15) is 0 Å². The lowest BCUT2D eigenvalue weighted by Crippen LogP contribution is -2.26. The molecule has 1 aliphatic carbocycles. The van der Waals surface area contributed by atoms with Crippen LogP contribution in [0, 0.1) is 5.92 Å². The molecule has 2 atom stereocenters. The molecule has 1 saturated carbocycles. The van der Waals surface area contributed by atoms with Gasteiger partial charge in [0.05, 0.1) is 18.8 Å². The standard InChI is InChI=1S/C21H24O4/c1-24-17-7-2-5-15(12-17)11-16-6-3-8-18(13-16)25-21-10-4-9-20(23)19(21)14-22/h2,4-5,7,9-10,12,14,16,18,23H,3,6,8,11,13H2,1H3. The van der Waals surface area contributed by atoms with Gasteiger partial charge in [0.2, 0.25) is 0 Å². The van der Waals surface area contributed by atoms with Gasteiger partial charge in [-0.1, -0.05) is 18.2 Å². The summed E-state index contributed by atoms with van der Waals surface area (Å²) >= 11 is 0. The van der Waals surface area contributed by atoms with E-state index in [2.05, 4.69) is 12.1 Å². The van der Waals surface area contributed by atoms with E-state index in [0.717, 1.165) is 31.4 Å². The lowest BCUT2D eigenvalue weighted by Gasteiger charge is -2.30. The molecule has 0 amide bonds. The Kier molecular flexibility index (Phi) is 5.59. The maximum absolute atomic E-state index is 11.2. The number of ether oxygens (including phenoxy) is 2. The SMILES string of the molecule is COc1cccc(CC2CCCC(Oc3cccc(O)c3C=O)C2)c1. The maximum Gasteiger partial charge on any atom is 0.157 e. The second kappa shape index (κ2) is 8.06. The number of rotatable bonds is 6. The Morgan fingerprint density at radius 2 is 2.04 bits per heavy atom. The predicted octanol–water partition coefficient (Wildman–Crippen LogP) is 4.39. The van der Waals surface area contributed by atoms with Crippen molar-refractivity contribution in [1.82, 2.24) is 0 Å². The lowest BCUT2D eigenvalue weighted by molar-refractivity contribution is 0.108. The first kappa shape index (κ1) is 17.3. The first-order valence-electron chi connectivity index (χ1n) is 8.76. The van der Waals surface area contributed by atoms with Crippen LogP contribution in [0.1, 0.15) is 41.6 Å². The van der Waals surface area contributed by atoms with E-state index < -0.39 is 0 Å². The summed E-state index contributed by atoms with van der Waals surface area (Å²) in [5, 5.41) is 9.79. The number of benzene rings is 2. The van der Waals surface area contributed by atoms with Crippen LogP contribution in [0.25, 0.3) is 0 Å². The molecule has 4 nitrogen and oxygen atoms in total. The highest BCUT2D eigenvalue weighted by Crippen LogP contribution is 2.33. The molecule has 0 aromatic heterocycles. The number of hydrogen-bond acceptors (Lipinski definition) is 4. The summed E-state index contributed by atoms with van der Waals surface area (Å²) in [5.41, 5.74) is 1.51. The third-order valence-electron chi connectivity index (χ3n) is 4.85. The number of hydrogen-bond donors (Lipinski definition) is 1. The number of phenols is 1. The molecule has 0 saturated heterocycles. The Labute approximate surface area is 148 Å². The van der Waals surface area contributed by atoms with Crippen LogP contribution >= 0.6 is 0 Å². The van der Waals surface area contributed by atoms with Crippen molar-refractivity contribution in [1.29, 1.82) is 0 Å². The van der Waals surface area contributed by atoms with Crippen LogP contribution in [0.5, 0.6) is 17.2 Å². The minimum absolute atomic E-state index is 0.0313. The van der Waals surface area contributed by atoms with Crippen LogP contribution in [-0.2, 0) is 6.42 Å². The zero-order valence-electron chi connectivity index (χ0n) is 14.5. The van der Waals surface area contributed by atoms with Gasteiger partial charge in [0, 0.05) is 0 Å². The molecule has 1 fully saturated rings. The minimum atomic E-state index is -0.0313.